The molecule has 182 valence electrons. The molecule has 1 aliphatic rings. The lowest BCUT2D eigenvalue weighted by Crippen LogP contribution is -2.52. The molecule has 1 aliphatic heterocycles. The highest BCUT2D eigenvalue weighted by molar-refractivity contribution is 5.89. The number of piperazine rings is 1. The number of carbonyl (C=O) groups is 3. The molecule has 4 rings (SSSR count). The Morgan fingerprint density at radius 1 is 1.20 bits per heavy atom. The smallest absolute Gasteiger partial charge is 0.335 e. The number of tetrazole rings is 1. The molecule has 1 fully saturated rings. The number of amides is 2. The minimum Gasteiger partial charge on any atom is -0.478 e. The van der Waals surface area contributed by atoms with Gasteiger partial charge in [-0.1, -0.05) is 0 Å². The van der Waals surface area contributed by atoms with Crippen LogP contribution in [-0.2, 0) is 9.59 Å². The Hall–Kier alpha value is -4.66. The van der Waals surface area contributed by atoms with E-state index in [2.05, 4.69) is 30.9 Å². The summed E-state index contributed by atoms with van der Waals surface area (Å²) < 4.78 is 1.26. The third kappa shape index (κ3) is 5.14. The van der Waals surface area contributed by atoms with Gasteiger partial charge < -0.3 is 26.0 Å². The van der Waals surface area contributed by atoms with Gasteiger partial charge in [-0.15, -0.1) is 5.10 Å². The van der Waals surface area contributed by atoms with Crippen LogP contribution in [-0.4, -0.2) is 97.1 Å². The quantitative estimate of drug-likeness (QED) is 0.284. The summed E-state index contributed by atoms with van der Waals surface area (Å²) >= 11 is 0. The number of pyridine rings is 1. The Bertz CT molecular complexity index is 1340. The largest absolute Gasteiger partial charge is 0.478 e. The molecule has 15 nitrogen and oxygen atoms in total. The van der Waals surface area contributed by atoms with Crippen LogP contribution < -0.4 is 21.5 Å². The van der Waals surface area contributed by atoms with Crippen LogP contribution in [0.15, 0.2) is 23.1 Å². The number of rotatable bonds is 7. The number of carboxylic acids is 1. The van der Waals surface area contributed by atoms with Crippen LogP contribution in [0.25, 0.3) is 17.8 Å². The van der Waals surface area contributed by atoms with E-state index in [0.29, 0.717) is 37.8 Å². The van der Waals surface area contributed by atoms with Crippen molar-refractivity contribution in [2.24, 2.45) is 5.73 Å². The lowest BCUT2D eigenvalue weighted by molar-refractivity contribution is -0.132. The van der Waals surface area contributed by atoms with Gasteiger partial charge in [-0.05, 0) is 34.7 Å². The number of nitrogens with one attached hydrogen (secondary N) is 2. The molecule has 3 aromatic rings. The molecule has 0 unspecified atom stereocenters. The molecule has 0 spiro atoms. The summed E-state index contributed by atoms with van der Waals surface area (Å²) in [6.07, 6.45) is 4.42. The van der Waals surface area contributed by atoms with E-state index in [1.54, 1.807) is 4.90 Å². The van der Waals surface area contributed by atoms with Crippen molar-refractivity contribution in [1.82, 2.24) is 40.2 Å². The van der Waals surface area contributed by atoms with Crippen molar-refractivity contribution in [3.05, 3.63) is 45.6 Å². The van der Waals surface area contributed by atoms with Crippen LogP contribution in [0.1, 0.15) is 21.7 Å². The maximum Gasteiger partial charge on any atom is 0.335 e. The maximum absolute atomic E-state index is 13.3. The molecule has 1 saturated heterocycles. The second-order valence-corrected chi connectivity index (χ2v) is 7.57. The Morgan fingerprint density at radius 2 is 1.97 bits per heavy atom. The lowest BCUT2D eigenvalue weighted by Gasteiger charge is -2.36. The molecule has 0 aliphatic carbocycles. The van der Waals surface area contributed by atoms with E-state index in [1.807, 2.05) is 4.90 Å². The van der Waals surface area contributed by atoms with Gasteiger partial charge >= 0.3 is 5.97 Å². The number of carbonyl (C=O) groups excluding carboxylic acids is 2. The van der Waals surface area contributed by atoms with E-state index in [0.717, 1.165) is 0 Å². The molecule has 0 bridgehead atoms. The second-order valence-electron chi connectivity index (χ2n) is 7.57. The molecular weight excluding hydrogens is 460 g/mol. The summed E-state index contributed by atoms with van der Waals surface area (Å²) in [4.78, 5) is 56.4. The van der Waals surface area contributed by atoms with Crippen molar-refractivity contribution >= 4 is 41.4 Å². The molecule has 0 saturated carbocycles. The Balaban J connectivity index is 1.64. The molecule has 0 aromatic carbocycles. The molecule has 4 heterocycles. The lowest BCUT2D eigenvalue weighted by atomic mass is 10.2. The molecule has 0 radical (unpaired) electrons. The molecule has 3 aromatic heterocycles. The third-order valence-corrected chi connectivity index (χ3v) is 5.42. The molecule has 35 heavy (non-hydrogen) atoms. The predicted molar refractivity (Wildman–Crippen MR) is 122 cm³/mol. The molecule has 5 N–H and O–H groups in total. The van der Waals surface area contributed by atoms with Gasteiger partial charge in [-0.2, -0.15) is 0 Å². The fraction of sp³-hybridized carbons (Fsp3) is 0.300. The van der Waals surface area contributed by atoms with Gasteiger partial charge in [0.05, 0.1) is 24.2 Å². The normalized spacial score (nSPS) is 14.0. The summed E-state index contributed by atoms with van der Waals surface area (Å²) in [5.41, 5.74) is 5.24. The van der Waals surface area contributed by atoms with Gasteiger partial charge in [0.25, 0.3) is 5.56 Å². The number of hydrogen-bond donors (Lipinski definition) is 4. The fourth-order valence-electron chi connectivity index (χ4n) is 3.59. The minimum atomic E-state index is -1.14. The summed E-state index contributed by atoms with van der Waals surface area (Å²) in [6, 6.07) is 2.64. The predicted octanol–water partition coefficient (Wildman–Crippen LogP) is -2.20. The number of nitrogens with zero attached hydrogens (tertiary/aromatic N) is 7. The topological polar surface area (TPSA) is 205 Å². The zero-order valence-electron chi connectivity index (χ0n) is 18.4. The molecule has 15 heteroatoms. The Morgan fingerprint density at radius 3 is 2.63 bits per heavy atom. The number of H-pyrrole nitrogens is 1. The first-order valence-corrected chi connectivity index (χ1v) is 10.6. The number of anilines is 1. The molecule has 2 amide bonds. The van der Waals surface area contributed by atoms with Crippen LogP contribution in [0.2, 0.25) is 0 Å². The van der Waals surface area contributed by atoms with Crippen LogP contribution >= 0.6 is 0 Å². The highest BCUT2D eigenvalue weighted by Crippen LogP contribution is 2.21. The van der Waals surface area contributed by atoms with E-state index in [1.165, 1.54) is 34.9 Å². The zero-order valence-corrected chi connectivity index (χ0v) is 18.4. The minimum absolute atomic E-state index is 0.00572. The highest BCUT2D eigenvalue weighted by atomic mass is 16.4. The van der Waals surface area contributed by atoms with Gasteiger partial charge in [-0.3, -0.25) is 18.8 Å². The van der Waals surface area contributed by atoms with Gasteiger partial charge in [0.2, 0.25) is 11.8 Å². The monoisotopic (exact) mass is 482 g/mol. The summed E-state index contributed by atoms with van der Waals surface area (Å²) in [7, 11) is 0. The van der Waals surface area contributed by atoms with Crippen molar-refractivity contribution in [2.75, 3.05) is 44.2 Å². The molecule has 0 atom stereocenters. The van der Waals surface area contributed by atoms with E-state index >= 15 is 0 Å². The van der Waals surface area contributed by atoms with Crippen molar-refractivity contribution in [3.8, 4) is 0 Å². The standard InChI is InChI=1S/C20H22N10O5/c21-10-16(31)22-11-17(32)28-5-7-29(8-6-28)18-13(1-2-14-24-26-27-25-14)19(33)30-4-3-12(20(34)35)9-15(30)23-18/h1-4,9H,5-8,10-11,21H2,(H,22,31)(H,34,35)(H,24,25,26,27). The van der Waals surface area contributed by atoms with Gasteiger partial charge in [-0.25, -0.2) is 14.9 Å². The first-order chi connectivity index (χ1) is 16.9. The van der Waals surface area contributed by atoms with Crippen molar-refractivity contribution in [1.29, 1.82) is 0 Å². The molecular formula is C20H22N10O5. The third-order valence-electron chi connectivity index (χ3n) is 5.42. The summed E-state index contributed by atoms with van der Waals surface area (Å²) in [5.74, 6) is -1.14. The Kier molecular flexibility index (Phi) is 6.77. The second kappa shape index (κ2) is 10.1. The van der Waals surface area contributed by atoms with E-state index < -0.39 is 17.4 Å². The first-order valence-electron chi connectivity index (χ1n) is 10.6. The number of hydrogen-bond acceptors (Lipinski definition) is 10. The van der Waals surface area contributed by atoms with E-state index in [-0.39, 0.29) is 35.8 Å². The van der Waals surface area contributed by atoms with Crippen molar-refractivity contribution in [3.63, 3.8) is 0 Å². The number of carboxylic acid groups (broad SMARTS) is 1. The number of aromatic carboxylic acids is 1. The van der Waals surface area contributed by atoms with Crippen LogP contribution in [0.3, 0.4) is 0 Å². The summed E-state index contributed by atoms with van der Waals surface area (Å²) in [5, 5.41) is 25.1. The van der Waals surface area contributed by atoms with Gasteiger partial charge in [0.1, 0.15) is 11.5 Å². The average Bonchev–Trinajstić information content (AvgIpc) is 3.39. The zero-order chi connectivity index (χ0) is 24.9. The van der Waals surface area contributed by atoms with E-state index in [9.17, 15) is 24.3 Å². The average molecular weight is 482 g/mol. The van der Waals surface area contributed by atoms with Crippen molar-refractivity contribution in [2.45, 2.75) is 0 Å². The van der Waals surface area contributed by atoms with Gasteiger partial charge in [0, 0.05) is 32.4 Å². The van der Waals surface area contributed by atoms with Gasteiger partial charge in [0.15, 0.2) is 5.82 Å². The number of aromatic nitrogens is 6. The Labute approximate surface area is 197 Å². The number of nitrogens with two attached hydrogens (primary N) is 1. The summed E-state index contributed by atoms with van der Waals surface area (Å²) in [6.45, 7) is 1.05. The number of fused-ring (bicyclic) bond motifs is 1. The highest BCUT2D eigenvalue weighted by Gasteiger charge is 2.25. The van der Waals surface area contributed by atoms with Crippen LogP contribution in [0.4, 0.5) is 5.82 Å². The first kappa shape index (κ1) is 23.5. The maximum atomic E-state index is 13.3. The van der Waals surface area contributed by atoms with Crippen molar-refractivity contribution < 1.29 is 19.5 Å². The number of aromatic amines is 1. The SMILES string of the molecule is NCC(=O)NCC(=O)N1CCN(c2nc3cc(C(=O)O)ccn3c(=O)c2C=Cc2nnn[nH]2)CC1. The van der Waals surface area contributed by atoms with Crippen LogP contribution in [0, 0.1) is 0 Å². The van der Waals surface area contributed by atoms with E-state index in [4.69, 9.17) is 5.73 Å². The van der Waals surface area contributed by atoms with Crippen LogP contribution in [0.5, 0.6) is 0 Å². The fourth-order valence-corrected chi connectivity index (χ4v) is 3.59.